The third-order valence-corrected chi connectivity index (χ3v) is 4.33. The average molecular weight is 337 g/mol. The molecule has 1 fully saturated rings. The number of fused-ring (bicyclic) bond motifs is 2. The Bertz CT molecular complexity index is 679. The second kappa shape index (κ2) is 6.17. The van der Waals surface area contributed by atoms with Crippen molar-refractivity contribution in [1.82, 2.24) is 15.1 Å². The highest BCUT2D eigenvalue weighted by molar-refractivity contribution is 6.31. The van der Waals surface area contributed by atoms with Gasteiger partial charge in [0, 0.05) is 18.1 Å². The van der Waals surface area contributed by atoms with E-state index in [0.29, 0.717) is 29.4 Å². The number of hydrogen-bond acceptors (Lipinski definition) is 4. The molecule has 1 aromatic carbocycles. The topological polar surface area (TPSA) is 81.8 Å². The number of anilines is 1. The Kier molecular flexibility index (Phi) is 4.23. The van der Waals surface area contributed by atoms with Crippen molar-refractivity contribution in [3.05, 3.63) is 28.8 Å². The van der Waals surface area contributed by atoms with E-state index in [9.17, 15) is 14.4 Å². The van der Waals surface area contributed by atoms with Crippen LogP contribution in [0, 0.1) is 0 Å². The minimum atomic E-state index is -0.691. The number of nitrogens with one attached hydrogen (secondary N) is 2. The van der Waals surface area contributed by atoms with Crippen molar-refractivity contribution in [2.45, 2.75) is 6.04 Å². The summed E-state index contributed by atoms with van der Waals surface area (Å²) in [6.45, 7) is 1.14. The molecule has 23 heavy (non-hydrogen) atoms. The van der Waals surface area contributed by atoms with Crippen LogP contribution in [0.2, 0.25) is 5.02 Å². The van der Waals surface area contributed by atoms with Gasteiger partial charge in [-0.1, -0.05) is 11.6 Å². The summed E-state index contributed by atoms with van der Waals surface area (Å²) in [5.41, 5.74) is 0.829. The maximum atomic E-state index is 12.7. The van der Waals surface area contributed by atoms with E-state index in [2.05, 4.69) is 10.6 Å². The zero-order valence-electron chi connectivity index (χ0n) is 12.6. The minimum absolute atomic E-state index is 0.0859. The molecule has 0 radical (unpaired) electrons. The lowest BCUT2D eigenvalue weighted by Gasteiger charge is -2.39. The molecule has 1 aromatic rings. The van der Waals surface area contributed by atoms with Gasteiger partial charge in [0.25, 0.3) is 5.91 Å². The summed E-state index contributed by atoms with van der Waals surface area (Å²) in [5.74, 6) is -0.612. The van der Waals surface area contributed by atoms with Crippen LogP contribution < -0.4 is 10.6 Å². The van der Waals surface area contributed by atoms with Gasteiger partial charge in [-0.05, 0) is 25.2 Å². The van der Waals surface area contributed by atoms with Crippen molar-refractivity contribution in [1.29, 1.82) is 0 Å². The van der Waals surface area contributed by atoms with Gasteiger partial charge in [-0.3, -0.25) is 14.4 Å². The molecule has 2 heterocycles. The van der Waals surface area contributed by atoms with Gasteiger partial charge in [-0.15, -0.1) is 0 Å². The summed E-state index contributed by atoms with van der Waals surface area (Å²) in [4.78, 5) is 40.3. The number of halogens is 1. The fourth-order valence-corrected chi connectivity index (χ4v) is 3.09. The highest BCUT2D eigenvalue weighted by Gasteiger charge is 2.40. The molecule has 2 N–H and O–H groups in total. The molecule has 2 aliphatic rings. The van der Waals surface area contributed by atoms with E-state index in [1.54, 1.807) is 30.1 Å². The molecule has 3 amide bonds. The van der Waals surface area contributed by atoms with E-state index in [1.807, 2.05) is 0 Å². The lowest BCUT2D eigenvalue weighted by atomic mass is 10.1. The second-order valence-corrected chi connectivity index (χ2v) is 6.00. The number of piperazine rings is 1. The Morgan fingerprint density at radius 2 is 2.17 bits per heavy atom. The first-order valence-corrected chi connectivity index (χ1v) is 7.73. The first kappa shape index (κ1) is 15.8. The second-order valence-electron chi connectivity index (χ2n) is 5.56. The summed E-state index contributed by atoms with van der Waals surface area (Å²) < 4.78 is 0. The quantitative estimate of drug-likeness (QED) is 0.806. The predicted octanol–water partition coefficient (Wildman–Crippen LogP) is 0.165. The predicted molar refractivity (Wildman–Crippen MR) is 85.4 cm³/mol. The zero-order valence-corrected chi connectivity index (χ0v) is 13.4. The lowest BCUT2D eigenvalue weighted by molar-refractivity contribution is -0.134. The van der Waals surface area contributed by atoms with Crippen LogP contribution in [0.4, 0.5) is 5.69 Å². The number of amides is 3. The van der Waals surface area contributed by atoms with Crippen LogP contribution in [0.1, 0.15) is 10.4 Å². The molecule has 1 saturated heterocycles. The molecule has 8 heteroatoms. The first-order valence-electron chi connectivity index (χ1n) is 7.35. The van der Waals surface area contributed by atoms with Crippen molar-refractivity contribution < 1.29 is 14.4 Å². The van der Waals surface area contributed by atoms with E-state index >= 15 is 0 Å². The molecule has 0 bridgehead atoms. The van der Waals surface area contributed by atoms with Gasteiger partial charge in [-0.25, -0.2) is 0 Å². The Hall–Kier alpha value is -2.12. The molecular formula is C15H17ClN4O3. The molecule has 7 nitrogen and oxygen atoms in total. The molecule has 0 aliphatic carbocycles. The SMILES string of the molecule is CNCC(=O)N1CCN2C(=O)c3ccc(Cl)cc3NC(=O)[C@H]2C1. The van der Waals surface area contributed by atoms with Crippen molar-refractivity contribution >= 4 is 35.0 Å². The largest absolute Gasteiger partial charge is 0.337 e. The third kappa shape index (κ3) is 2.89. The minimum Gasteiger partial charge on any atom is -0.337 e. The van der Waals surface area contributed by atoms with Crippen molar-refractivity contribution in [2.75, 3.05) is 38.5 Å². The maximum absolute atomic E-state index is 12.7. The highest BCUT2D eigenvalue weighted by atomic mass is 35.5. The monoisotopic (exact) mass is 336 g/mol. The van der Waals surface area contributed by atoms with E-state index in [-0.39, 0.29) is 30.8 Å². The van der Waals surface area contributed by atoms with Gasteiger partial charge in [0.05, 0.1) is 24.3 Å². The van der Waals surface area contributed by atoms with E-state index in [4.69, 9.17) is 11.6 Å². The van der Waals surface area contributed by atoms with Crippen LogP contribution in [0.25, 0.3) is 0 Å². The van der Waals surface area contributed by atoms with Crippen LogP contribution in [0.3, 0.4) is 0 Å². The lowest BCUT2D eigenvalue weighted by Crippen LogP contribution is -2.60. The summed E-state index contributed by atoms with van der Waals surface area (Å²) in [7, 11) is 1.69. The Morgan fingerprint density at radius 3 is 2.91 bits per heavy atom. The molecule has 0 spiro atoms. The number of hydrogen-bond donors (Lipinski definition) is 2. The van der Waals surface area contributed by atoms with Crippen LogP contribution in [0.5, 0.6) is 0 Å². The average Bonchev–Trinajstić information content (AvgIpc) is 2.63. The Morgan fingerprint density at radius 1 is 1.39 bits per heavy atom. The summed E-state index contributed by atoms with van der Waals surface area (Å²) >= 11 is 5.94. The Labute approximate surface area is 138 Å². The van der Waals surface area contributed by atoms with Crippen molar-refractivity contribution in [3.63, 3.8) is 0 Å². The fourth-order valence-electron chi connectivity index (χ4n) is 2.92. The summed E-state index contributed by atoms with van der Waals surface area (Å²) in [6.07, 6.45) is 0. The number of carbonyl (C=O) groups excluding carboxylic acids is 3. The summed E-state index contributed by atoms with van der Waals surface area (Å²) in [6, 6.07) is 4.11. The van der Waals surface area contributed by atoms with E-state index < -0.39 is 6.04 Å². The van der Waals surface area contributed by atoms with Gasteiger partial charge >= 0.3 is 0 Å². The van der Waals surface area contributed by atoms with Gasteiger partial charge in [-0.2, -0.15) is 0 Å². The summed E-state index contributed by atoms with van der Waals surface area (Å²) in [5, 5.41) is 5.99. The number of rotatable bonds is 2. The molecule has 0 aromatic heterocycles. The fraction of sp³-hybridized carbons (Fsp3) is 0.400. The zero-order chi connectivity index (χ0) is 16.6. The van der Waals surface area contributed by atoms with Gasteiger partial charge in [0.1, 0.15) is 6.04 Å². The van der Waals surface area contributed by atoms with Gasteiger partial charge < -0.3 is 20.4 Å². The van der Waals surface area contributed by atoms with Gasteiger partial charge in [0.2, 0.25) is 11.8 Å². The van der Waals surface area contributed by atoms with Gasteiger partial charge in [0.15, 0.2) is 0 Å². The maximum Gasteiger partial charge on any atom is 0.256 e. The third-order valence-electron chi connectivity index (χ3n) is 4.09. The van der Waals surface area contributed by atoms with Crippen LogP contribution in [-0.2, 0) is 9.59 Å². The van der Waals surface area contributed by atoms with Crippen molar-refractivity contribution in [3.8, 4) is 0 Å². The molecular weight excluding hydrogens is 320 g/mol. The normalized spacial score (nSPS) is 20.5. The molecule has 1 atom stereocenters. The van der Waals surface area contributed by atoms with E-state index in [0.717, 1.165) is 0 Å². The number of benzene rings is 1. The van der Waals surface area contributed by atoms with E-state index in [1.165, 1.54) is 4.90 Å². The molecule has 3 rings (SSSR count). The molecule has 0 saturated carbocycles. The van der Waals surface area contributed by atoms with Crippen LogP contribution in [0.15, 0.2) is 18.2 Å². The number of likely N-dealkylation sites (N-methyl/N-ethyl adjacent to an activating group) is 1. The standard InChI is InChI=1S/C15H17ClN4O3/c1-17-7-13(21)19-4-5-20-12(8-19)14(22)18-11-6-9(16)2-3-10(11)15(20)23/h2-3,6,12,17H,4-5,7-8H2,1H3,(H,18,22)/t12-/m1/s1. The number of carbonyl (C=O) groups is 3. The Balaban J connectivity index is 1.88. The molecule has 2 aliphatic heterocycles. The first-order chi connectivity index (χ1) is 11.0. The van der Waals surface area contributed by atoms with Crippen molar-refractivity contribution in [2.24, 2.45) is 0 Å². The van der Waals surface area contributed by atoms with Crippen LogP contribution >= 0.6 is 11.6 Å². The molecule has 0 unspecified atom stereocenters. The van der Waals surface area contributed by atoms with Crippen LogP contribution in [-0.4, -0.2) is 66.8 Å². The smallest absolute Gasteiger partial charge is 0.256 e. The highest BCUT2D eigenvalue weighted by Crippen LogP contribution is 2.27. The number of nitrogens with zero attached hydrogens (tertiary/aromatic N) is 2. The molecule has 122 valence electrons.